The number of piperidine rings is 1. The average Bonchev–Trinajstić information content (AvgIpc) is 3.19. The highest BCUT2D eigenvalue weighted by Crippen LogP contribution is 2.24. The number of anilines is 1. The minimum absolute atomic E-state index is 0.0328. The third kappa shape index (κ3) is 5.09. The molecule has 0 aliphatic carbocycles. The normalized spacial score (nSPS) is 17.1. The summed E-state index contributed by atoms with van der Waals surface area (Å²) >= 11 is 9.46. The first-order valence-electron chi connectivity index (χ1n) is 9.86. The third-order valence-corrected chi connectivity index (χ3v) is 5.96. The number of halogens is 2. The van der Waals surface area contributed by atoms with Crippen molar-refractivity contribution in [3.8, 4) is 11.4 Å². The summed E-state index contributed by atoms with van der Waals surface area (Å²) in [6.07, 6.45) is 1.81. The molecule has 156 valence electrons. The van der Waals surface area contributed by atoms with Gasteiger partial charge in [0.2, 0.25) is 17.6 Å². The highest BCUT2D eigenvalue weighted by atomic mass is 79.9. The summed E-state index contributed by atoms with van der Waals surface area (Å²) in [6.45, 7) is 4.03. The van der Waals surface area contributed by atoms with Crippen LogP contribution in [0.25, 0.3) is 11.4 Å². The number of nitrogens with one attached hydrogen (secondary N) is 1. The van der Waals surface area contributed by atoms with Gasteiger partial charge in [-0.25, -0.2) is 0 Å². The van der Waals surface area contributed by atoms with Crippen LogP contribution >= 0.6 is 27.5 Å². The number of nitrogens with zero attached hydrogens (tertiary/aromatic N) is 3. The maximum Gasteiger partial charge on any atom is 0.241 e. The molecule has 0 spiro atoms. The van der Waals surface area contributed by atoms with E-state index in [1.165, 1.54) is 0 Å². The van der Waals surface area contributed by atoms with E-state index in [0.29, 0.717) is 29.8 Å². The van der Waals surface area contributed by atoms with Gasteiger partial charge in [0, 0.05) is 27.3 Å². The Balaban J connectivity index is 1.38. The van der Waals surface area contributed by atoms with Crippen LogP contribution < -0.4 is 5.32 Å². The molecule has 0 radical (unpaired) electrons. The zero-order chi connectivity index (χ0) is 21.1. The lowest BCUT2D eigenvalue weighted by molar-refractivity contribution is -0.121. The highest BCUT2D eigenvalue weighted by Gasteiger charge is 2.27. The smallest absolute Gasteiger partial charge is 0.241 e. The summed E-state index contributed by atoms with van der Waals surface area (Å²) in [5.74, 6) is 1.07. The molecule has 2 heterocycles. The number of hydrogen-bond donors (Lipinski definition) is 1. The Kier molecular flexibility index (Phi) is 6.51. The first-order valence-corrected chi connectivity index (χ1v) is 11.0. The topological polar surface area (TPSA) is 71.3 Å². The Morgan fingerprint density at radius 3 is 3.00 bits per heavy atom. The Morgan fingerprint density at radius 1 is 1.33 bits per heavy atom. The molecule has 8 heteroatoms. The summed E-state index contributed by atoms with van der Waals surface area (Å²) < 4.78 is 6.41. The number of benzene rings is 2. The molecule has 1 aliphatic heterocycles. The van der Waals surface area contributed by atoms with Gasteiger partial charge in [0.05, 0.1) is 12.5 Å². The van der Waals surface area contributed by atoms with Gasteiger partial charge < -0.3 is 9.84 Å². The largest absolute Gasteiger partial charge is 0.338 e. The van der Waals surface area contributed by atoms with Crippen LogP contribution in [0.15, 0.2) is 51.5 Å². The lowest BCUT2D eigenvalue weighted by Gasteiger charge is -2.31. The van der Waals surface area contributed by atoms with E-state index in [2.05, 4.69) is 36.3 Å². The maximum atomic E-state index is 12.8. The number of aryl methyl sites for hydroxylation is 1. The summed E-state index contributed by atoms with van der Waals surface area (Å²) in [6, 6.07) is 13.3. The van der Waals surface area contributed by atoms with E-state index in [1.54, 1.807) is 6.07 Å². The first-order chi connectivity index (χ1) is 14.5. The summed E-state index contributed by atoms with van der Waals surface area (Å²) in [5, 5.41) is 7.80. The lowest BCUT2D eigenvalue weighted by atomic mass is 9.97. The number of aromatic nitrogens is 2. The predicted octanol–water partition coefficient (Wildman–Crippen LogP) is 5.31. The van der Waals surface area contributed by atoms with Gasteiger partial charge in [-0.3, -0.25) is 9.69 Å². The number of carbonyl (C=O) groups excluding carboxylic acids is 1. The summed E-state index contributed by atoms with van der Waals surface area (Å²) in [5.41, 5.74) is 2.65. The van der Waals surface area contributed by atoms with Crippen molar-refractivity contribution in [2.75, 3.05) is 18.4 Å². The van der Waals surface area contributed by atoms with Gasteiger partial charge in [-0.05, 0) is 62.2 Å². The summed E-state index contributed by atoms with van der Waals surface area (Å²) in [7, 11) is 0. The van der Waals surface area contributed by atoms with Crippen LogP contribution in [0, 0.1) is 12.8 Å². The lowest BCUT2D eigenvalue weighted by Crippen LogP contribution is -2.40. The fourth-order valence-electron chi connectivity index (χ4n) is 3.67. The van der Waals surface area contributed by atoms with E-state index in [-0.39, 0.29) is 11.8 Å². The molecule has 0 bridgehead atoms. The monoisotopic (exact) mass is 488 g/mol. The molecule has 1 fully saturated rings. The fraction of sp³-hybridized carbons (Fsp3) is 0.318. The Morgan fingerprint density at radius 2 is 2.20 bits per heavy atom. The van der Waals surface area contributed by atoms with Gasteiger partial charge in [-0.1, -0.05) is 44.8 Å². The van der Waals surface area contributed by atoms with Crippen LogP contribution in [-0.4, -0.2) is 34.0 Å². The molecule has 1 atom stereocenters. The van der Waals surface area contributed by atoms with Gasteiger partial charge >= 0.3 is 0 Å². The van der Waals surface area contributed by atoms with Crippen LogP contribution in [0.2, 0.25) is 5.02 Å². The molecule has 1 saturated heterocycles. The molecule has 30 heavy (non-hydrogen) atoms. The minimum atomic E-state index is -0.0821. The van der Waals surface area contributed by atoms with E-state index in [4.69, 9.17) is 16.1 Å². The second-order valence-corrected chi connectivity index (χ2v) is 8.90. The van der Waals surface area contributed by atoms with Crippen molar-refractivity contribution in [1.82, 2.24) is 15.0 Å². The fourth-order valence-corrected chi connectivity index (χ4v) is 4.30. The van der Waals surface area contributed by atoms with Crippen molar-refractivity contribution in [3.63, 3.8) is 0 Å². The van der Waals surface area contributed by atoms with Crippen LogP contribution in [0.5, 0.6) is 0 Å². The Hall–Kier alpha value is -2.22. The number of hydrogen-bond acceptors (Lipinski definition) is 5. The van der Waals surface area contributed by atoms with Gasteiger partial charge in [0.25, 0.3) is 0 Å². The quantitative estimate of drug-likeness (QED) is 0.526. The van der Waals surface area contributed by atoms with E-state index in [9.17, 15) is 4.79 Å². The molecule has 1 aliphatic rings. The van der Waals surface area contributed by atoms with Crippen molar-refractivity contribution < 1.29 is 9.32 Å². The van der Waals surface area contributed by atoms with Gasteiger partial charge in [-0.2, -0.15) is 4.98 Å². The minimum Gasteiger partial charge on any atom is -0.338 e. The molecular weight excluding hydrogens is 468 g/mol. The molecule has 0 saturated carbocycles. The SMILES string of the molecule is Cc1cc(Cl)ccc1NC(=O)C1CCCN(Cc2nc(-c3cccc(Br)c3)no2)C1. The maximum absolute atomic E-state index is 12.8. The van der Waals surface area contributed by atoms with Crippen molar-refractivity contribution in [2.24, 2.45) is 5.92 Å². The zero-order valence-corrected chi connectivity index (χ0v) is 18.9. The van der Waals surface area contributed by atoms with Crippen molar-refractivity contribution >= 4 is 39.1 Å². The number of carbonyl (C=O) groups is 1. The van der Waals surface area contributed by atoms with Crippen LogP contribution in [0.1, 0.15) is 24.3 Å². The molecule has 4 rings (SSSR count). The Bertz CT molecular complexity index is 1060. The van der Waals surface area contributed by atoms with Crippen molar-refractivity contribution in [3.05, 3.63) is 63.4 Å². The van der Waals surface area contributed by atoms with Crippen LogP contribution in [-0.2, 0) is 11.3 Å². The first kappa shape index (κ1) is 21.0. The van der Waals surface area contributed by atoms with Crippen LogP contribution in [0.4, 0.5) is 5.69 Å². The van der Waals surface area contributed by atoms with Crippen molar-refractivity contribution in [2.45, 2.75) is 26.3 Å². The van der Waals surface area contributed by atoms with E-state index < -0.39 is 0 Å². The average molecular weight is 490 g/mol. The van der Waals surface area contributed by atoms with Gasteiger partial charge in [0.1, 0.15) is 0 Å². The molecule has 1 unspecified atom stereocenters. The van der Waals surface area contributed by atoms with Crippen molar-refractivity contribution in [1.29, 1.82) is 0 Å². The highest BCUT2D eigenvalue weighted by molar-refractivity contribution is 9.10. The van der Waals surface area contributed by atoms with Crippen LogP contribution in [0.3, 0.4) is 0 Å². The molecule has 1 aromatic heterocycles. The molecule has 2 aromatic carbocycles. The molecule has 1 N–H and O–H groups in total. The van der Waals surface area contributed by atoms with E-state index in [0.717, 1.165) is 40.7 Å². The molecule has 6 nitrogen and oxygen atoms in total. The van der Waals surface area contributed by atoms with E-state index in [1.807, 2.05) is 43.3 Å². The van der Waals surface area contributed by atoms with Gasteiger partial charge in [-0.15, -0.1) is 0 Å². The summed E-state index contributed by atoms with van der Waals surface area (Å²) in [4.78, 5) is 19.5. The molecule has 3 aromatic rings. The van der Waals surface area contributed by atoms with Gasteiger partial charge in [0.15, 0.2) is 0 Å². The third-order valence-electron chi connectivity index (χ3n) is 5.23. The number of likely N-dealkylation sites (tertiary alicyclic amines) is 1. The van der Waals surface area contributed by atoms with E-state index >= 15 is 0 Å². The number of rotatable bonds is 5. The predicted molar refractivity (Wildman–Crippen MR) is 120 cm³/mol. The Labute approximate surface area is 188 Å². The molecular formula is C22H22BrClN4O2. The second kappa shape index (κ2) is 9.29. The second-order valence-electron chi connectivity index (χ2n) is 7.54. The molecule has 1 amide bonds. The number of amides is 1. The standard InChI is InChI=1S/C22H22BrClN4O2/c1-14-10-18(24)7-8-19(14)25-22(29)16-5-3-9-28(12-16)13-20-26-21(27-30-20)15-4-2-6-17(23)11-15/h2,4,6-8,10-11,16H,3,5,9,12-13H2,1H3,(H,25,29). The zero-order valence-electron chi connectivity index (χ0n) is 16.6.